The number of rotatable bonds is 5. The van der Waals surface area contributed by atoms with Crippen LogP contribution in [0.1, 0.15) is 31.4 Å². The summed E-state index contributed by atoms with van der Waals surface area (Å²) in [4.78, 5) is 15.2. The van der Waals surface area contributed by atoms with Crippen molar-refractivity contribution in [3.8, 4) is 0 Å². The normalized spacial score (nSPS) is 14.8. The molecular weight excluding hydrogens is 206 g/mol. The van der Waals surface area contributed by atoms with E-state index >= 15 is 0 Å². The summed E-state index contributed by atoms with van der Waals surface area (Å²) in [7, 11) is 0. The molecular formula is C10H19N5O. The average Bonchev–Trinajstić information content (AvgIpc) is 2.44. The molecule has 1 unspecified atom stereocenters. The molecule has 0 bridgehead atoms. The Kier molecular flexibility index (Phi) is 3.64. The largest absolute Gasteiger partial charge is 0.368 e. The van der Waals surface area contributed by atoms with Crippen LogP contribution in [0.4, 0.5) is 0 Å². The number of amides is 1. The van der Waals surface area contributed by atoms with Gasteiger partial charge in [-0.25, -0.2) is 4.98 Å². The Bertz CT molecular complexity index is 383. The molecule has 1 rings (SSSR count). The SMILES string of the molecule is Cc1nc(C)n(CCCC(C)(N)C(N)=O)n1. The minimum Gasteiger partial charge on any atom is -0.368 e. The summed E-state index contributed by atoms with van der Waals surface area (Å²) in [6, 6.07) is 0. The van der Waals surface area contributed by atoms with Crippen molar-refractivity contribution in [3.63, 3.8) is 0 Å². The molecule has 0 aliphatic carbocycles. The molecule has 6 nitrogen and oxygen atoms in total. The first-order valence-corrected chi connectivity index (χ1v) is 5.30. The predicted octanol–water partition coefficient (Wildman–Crippen LogP) is -0.122. The lowest BCUT2D eigenvalue weighted by atomic mass is 9.96. The summed E-state index contributed by atoms with van der Waals surface area (Å²) in [6.45, 7) is 6.09. The van der Waals surface area contributed by atoms with Crippen molar-refractivity contribution in [3.05, 3.63) is 11.6 Å². The van der Waals surface area contributed by atoms with Gasteiger partial charge < -0.3 is 11.5 Å². The van der Waals surface area contributed by atoms with Crippen LogP contribution < -0.4 is 11.5 Å². The Morgan fingerprint density at radius 1 is 1.50 bits per heavy atom. The molecule has 16 heavy (non-hydrogen) atoms. The van der Waals surface area contributed by atoms with Crippen molar-refractivity contribution in [1.29, 1.82) is 0 Å². The number of aryl methyl sites for hydroxylation is 3. The number of carbonyl (C=O) groups is 1. The predicted molar refractivity (Wildman–Crippen MR) is 60.5 cm³/mol. The lowest BCUT2D eigenvalue weighted by Crippen LogP contribution is -2.49. The van der Waals surface area contributed by atoms with E-state index in [0.29, 0.717) is 13.0 Å². The second kappa shape index (κ2) is 4.61. The zero-order chi connectivity index (χ0) is 12.3. The zero-order valence-electron chi connectivity index (χ0n) is 10.0. The van der Waals surface area contributed by atoms with Crippen molar-refractivity contribution in [1.82, 2.24) is 14.8 Å². The Hall–Kier alpha value is -1.43. The first kappa shape index (κ1) is 12.6. The van der Waals surface area contributed by atoms with Gasteiger partial charge in [0.1, 0.15) is 11.6 Å². The molecule has 0 aromatic carbocycles. The van der Waals surface area contributed by atoms with Crippen LogP contribution in [0.3, 0.4) is 0 Å². The molecule has 1 aromatic rings. The average molecular weight is 225 g/mol. The smallest absolute Gasteiger partial charge is 0.237 e. The molecule has 1 atom stereocenters. The molecule has 1 amide bonds. The van der Waals surface area contributed by atoms with E-state index in [4.69, 9.17) is 11.5 Å². The van der Waals surface area contributed by atoms with Crippen LogP contribution in [-0.4, -0.2) is 26.2 Å². The number of aromatic nitrogens is 3. The number of primary amides is 1. The molecule has 1 heterocycles. The van der Waals surface area contributed by atoms with Crippen molar-refractivity contribution in [2.75, 3.05) is 0 Å². The summed E-state index contributed by atoms with van der Waals surface area (Å²) >= 11 is 0. The van der Waals surface area contributed by atoms with Crippen molar-refractivity contribution >= 4 is 5.91 Å². The van der Waals surface area contributed by atoms with Crippen molar-refractivity contribution in [2.24, 2.45) is 11.5 Å². The van der Waals surface area contributed by atoms with E-state index < -0.39 is 11.4 Å². The van der Waals surface area contributed by atoms with Gasteiger partial charge >= 0.3 is 0 Å². The maximum Gasteiger partial charge on any atom is 0.237 e. The molecule has 1 aromatic heterocycles. The van der Waals surface area contributed by atoms with E-state index in [9.17, 15) is 4.79 Å². The molecule has 0 saturated carbocycles. The molecule has 0 spiro atoms. The topological polar surface area (TPSA) is 99.8 Å². The van der Waals surface area contributed by atoms with Crippen molar-refractivity contribution in [2.45, 2.75) is 45.7 Å². The number of hydrogen-bond acceptors (Lipinski definition) is 4. The molecule has 0 radical (unpaired) electrons. The summed E-state index contributed by atoms with van der Waals surface area (Å²) in [6.07, 6.45) is 1.29. The first-order chi connectivity index (χ1) is 7.33. The highest BCUT2D eigenvalue weighted by Crippen LogP contribution is 2.09. The lowest BCUT2D eigenvalue weighted by Gasteiger charge is -2.19. The molecule has 90 valence electrons. The minimum atomic E-state index is -0.941. The zero-order valence-corrected chi connectivity index (χ0v) is 10.0. The van der Waals surface area contributed by atoms with E-state index in [1.54, 1.807) is 6.92 Å². The van der Waals surface area contributed by atoms with Crippen LogP contribution in [0.25, 0.3) is 0 Å². The summed E-state index contributed by atoms with van der Waals surface area (Å²) in [5.41, 5.74) is 9.99. The second-order valence-electron chi connectivity index (χ2n) is 4.31. The minimum absolute atomic E-state index is 0.473. The second-order valence-corrected chi connectivity index (χ2v) is 4.31. The van der Waals surface area contributed by atoms with Crippen LogP contribution in [0.5, 0.6) is 0 Å². The number of nitrogens with two attached hydrogens (primary N) is 2. The van der Waals surface area contributed by atoms with Crippen molar-refractivity contribution < 1.29 is 4.79 Å². The lowest BCUT2D eigenvalue weighted by molar-refractivity contribution is -0.122. The Labute approximate surface area is 95.0 Å². The Balaban J connectivity index is 2.48. The fourth-order valence-electron chi connectivity index (χ4n) is 1.49. The van der Waals surface area contributed by atoms with Gasteiger partial charge in [0.25, 0.3) is 0 Å². The van der Waals surface area contributed by atoms with E-state index in [2.05, 4.69) is 10.1 Å². The van der Waals surface area contributed by atoms with Gasteiger partial charge in [-0.1, -0.05) is 0 Å². The van der Waals surface area contributed by atoms with Gasteiger partial charge in [-0.3, -0.25) is 9.48 Å². The first-order valence-electron chi connectivity index (χ1n) is 5.30. The van der Waals surface area contributed by atoms with E-state index in [1.807, 2.05) is 18.5 Å². The summed E-state index contributed by atoms with van der Waals surface area (Å²) < 4.78 is 1.81. The number of hydrogen-bond donors (Lipinski definition) is 2. The fraction of sp³-hybridized carbons (Fsp3) is 0.700. The standard InChI is InChI=1S/C10H19N5O/c1-7-13-8(2)15(14-7)6-4-5-10(3,12)9(11)16/h4-6,12H2,1-3H3,(H2,11,16). The van der Waals surface area contributed by atoms with Gasteiger partial charge in [-0.15, -0.1) is 0 Å². The summed E-state index contributed by atoms with van der Waals surface area (Å²) in [5.74, 6) is 1.15. The van der Waals surface area contributed by atoms with Gasteiger partial charge in [-0.2, -0.15) is 5.10 Å². The third-order valence-electron chi connectivity index (χ3n) is 2.59. The Morgan fingerprint density at radius 3 is 2.56 bits per heavy atom. The number of carbonyl (C=O) groups excluding carboxylic acids is 1. The third kappa shape index (κ3) is 3.03. The molecule has 0 aliphatic rings. The van der Waals surface area contributed by atoms with Crippen LogP contribution >= 0.6 is 0 Å². The molecule has 6 heteroatoms. The highest BCUT2D eigenvalue weighted by molar-refractivity contribution is 5.83. The van der Waals surface area contributed by atoms with Gasteiger partial charge in [0.2, 0.25) is 5.91 Å². The van der Waals surface area contributed by atoms with E-state index in [1.165, 1.54) is 0 Å². The maximum absolute atomic E-state index is 11.0. The highest BCUT2D eigenvalue weighted by atomic mass is 16.1. The molecule has 0 saturated heterocycles. The van der Waals surface area contributed by atoms with Crippen LogP contribution in [-0.2, 0) is 11.3 Å². The third-order valence-corrected chi connectivity index (χ3v) is 2.59. The Morgan fingerprint density at radius 2 is 2.12 bits per heavy atom. The van der Waals surface area contributed by atoms with Crippen LogP contribution in [0, 0.1) is 13.8 Å². The fourth-order valence-corrected chi connectivity index (χ4v) is 1.49. The molecule has 0 fully saturated rings. The number of nitrogens with zero attached hydrogens (tertiary/aromatic N) is 3. The van der Waals surface area contributed by atoms with Gasteiger partial charge in [-0.05, 0) is 33.6 Å². The quantitative estimate of drug-likeness (QED) is 0.729. The summed E-state index contributed by atoms with van der Waals surface area (Å²) in [5, 5.41) is 4.22. The maximum atomic E-state index is 11.0. The van der Waals surface area contributed by atoms with Crippen LogP contribution in [0.15, 0.2) is 0 Å². The van der Waals surface area contributed by atoms with Gasteiger partial charge in [0.05, 0.1) is 5.54 Å². The van der Waals surface area contributed by atoms with Gasteiger partial charge in [0.15, 0.2) is 0 Å². The monoisotopic (exact) mass is 225 g/mol. The molecule has 0 aliphatic heterocycles. The molecule has 4 N–H and O–H groups in total. The van der Waals surface area contributed by atoms with Gasteiger partial charge in [0, 0.05) is 6.54 Å². The van der Waals surface area contributed by atoms with Crippen LogP contribution in [0.2, 0.25) is 0 Å². The highest BCUT2D eigenvalue weighted by Gasteiger charge is 2.24. The van der Waals surface area contributed by atoms with E-state index in [-0.39, 0.29) is 0 Å². The van der Waals surface area contributed by atoms with E-state index in [0.717, 1.165) is 18.1 Å².